The molecular formula is C23H28ClN3O3. The Balaban J connectivity index is 2.17. The van der Waals surface area contributed by atoms with Gasteiger partial charge in [0.05, 0.1) is 29.6 Å². The second-order valence-corrected chi connectivity index (χ2v) is 7.66. The van der Waals surface area contributed by atoms with E-state index in [0.717, 1.165) is 5.56 Å². The maximum Gasteiger partial charge on any atom is 0.253 e. The van der Waals surface area contributed by atoms with Crippen LogP contribution >= 0.6 is 11.6 Å². The molecule has 0 spiro atoms. The lowest BCUT2D eigenvalue weighted by Gasteiger charge is -2.25. The maximum atomic E-state index is 12.9. The van der Waals surface area contributed by atoms with Crippen LogP contribution in [0, 0.1) is 0 Å². The summed E-state index contributed by atoms with van der Waals surface area (Å²) in [6.45, 7) is 5.93. The molecule has 30 heavy (non-hydrogen) atoms. The molecule has 0 aromatic heterocycles. The maximum absolute atomic E-state index is 12.9. The van der Waals surface area contributed by atoms with Crippen LogP contribution in [0.4, 0.5) is 0 Å². The first-order valence-corrected chi connectivity index (χ1v) is 10.4. The standard InChI is InChI=1S/C23H28ClN3O3/c1-4-27(15-21(28)25-16(2)3)22(29)14-20(17-10-6-5-7-11-17)26-23(30)18-12-8-9-13-19(18)24/h5-13,16,20H,4,14-15H2,1-3H3,(H,25,28)(H,26,30). The van der Waals surface area contributed by atoms with Gasteiger partial charge in [-0.15, -0.1) is 0 Å². The number of amides is 3. The minimum Gasteiger partial charge on any atom is -0.352 e. The van der Waals surface area contributed by atoms with E-state index >= 15 is 0 Å². The number of carbonyl (C=O) groups excluding carboxylic acids is 3. The molecule has 0 fully saturated rings. The van der Waals surface area contributed by atoms with Gasteiger partial charge in [-0.3, -0.25) is 14.4 Å². The van der Waals surface area contributed by atoms with Crippen molar-refractivity contribution >= 4 is 29.3 Å². The van der Waals surface area contributed by atoms with Crippen molar-refractivity contribution in [2.75, 3.05) is 13.1 Å². The highest BCUT2D eigenvalue weighted by molar-refractivity contribution is 6.33. The zero-order chi connectivity index (χ0) is 22.1. The normalized spacial score (nSPS) is 11.6. The van der Waals surface area contributed by atoms with E-state index in [1.165, 1.54) is 4.90 Å². The molecule has 0 aliphatic heterocycles. The molecular weight excluding hydrogens is 402 g/mol. The summed E-state index contributed by atoms with van der Waals surface area (Å²) in [6.07, 6.45) is 0.0308. The fourth-order valence-electron chi connectivity index (χ4n) is 3.04. The summed E-state index contributed by atoms with van der Waals surface area (Å²) in [5, 5.41) is 6.05. The lowest BCUT2D eigenvalue weighted by Crippen LogP contribution is -2.43. The third-order valence-electron chi connectivity index (χ3n) is 4.52. The van der Waals surface area contributed by atoms with Crippen LogP contribution in [-0.4, -0.2) is 41.8 Å². The number of rotatable bonds is 9. The van der Waals surface area contributed by atoms with Gasteiger partial charge in [-0.2, -0.15) is 0 Å². The van der Waals surface area contributed by atoms with Crippen LogP contribution in [0.15, 0.2) is 54.6 Å². The summed E-state index contributed by atoms with van der Waals surface area (Å²) in [5.74, 6) is -0.788. The molecule has 0 saturated carbocycles. The highest BCUT2D eigenvalue weighted by Gasteiger charge is 2.24. The summed E-state index contributed by atoms with van der Waals surface area (Å²) in [7, 11) is 0. The number of hydrogen-bond donors (Lipinski definition) is 2. The molecule has 0 radical (unpaired) electrons. The Morgan fingerprint density at radius 2 is 1.60 bits per heavy atom. The van der Waals surface area contributed by atoms with Crippen molar-refractivity contribution in [2.45, 2.75) is 39.3 Å². The van der Waals surface area contributed by atoms with Crippen LogP contribution in [0.2, 0.25) is 5.02 Å². The van der Waals surface area contributed by atoms with Gasteiger partial charge in [-0.1, -0.05) is 54.1 Å². The highest BCUT2D eigenvalue weighted by Crippen LogP contribution is 2.21. The lowest BCUT2D eigenvalue weighted by atomic mass is 10.0. The third-order valence-corrected chi connectivity index (χ3v) is 4.85. The molecule has 0 aliphatic rings. The van der Waals surface area contributed by atoms with E-state index in [1.54, 1.807) is 24.3 Å². The number of benzene rings is 2. The van der Waals surface area contributed by atoms with Crippen LogP contribution < -0.4 is 10.6 Å². The first kappa shape index (κ1) is 23.4. The highest BCUT2D eigenvalue weighted by atomic mass is 35.5. The Hall–Kier alpha value is -2.86. The van der Waals surface area contributed by atoms with E-state index in [1.807, 2.05) is 51.1 Å². The minimum atomic E-state index is -0.551. The summed E-state index contributed by atoms with van der Waals surface area (Å²) in [4.78, 5) is 39.3. The predicted molar refractivity (Wildman–Crippen MR) is 118 cm³/mol. The van der Waals surface area contributed by atoms with Gasteiger partial charge in [-0.25, -0.2) is 0 Å². The molecule has 1 unspecified atom stereocenters. The molecule has 0 bridgehead atoms. The Bertz CT molecular complexity index is 871. The van der Waals surface area contributed by atoms with Crippen molar-refractivity contribution in [3.05, 3.63) is 70.7 Å². The molecule has 7 heteroatoms. The summed E-state index contributed by atoms with van der Waals surface area (Å²) < 4.78 is 0. The lowest BCUT2D eigenvalue weighted by molar-refractivity contribution is -0.136. The van der Waals surface area contributed by atoms with Crippen LogP contribution in [0.25, 0.3) is 0 Å². The Morgan fingerprint density at radius 1 is 0.967 bits per heavy atom. The van der Waals surface area contributed by atoms with E-state index in [0.29, 0.717) is 17.1 Å². The van der Waals surface area contributed by atoms with E-state index in [9.17, 15) is 14.4 Å². The molecule has 3 amide bonds. The van der Waals surface area contributed by atoms with Crippen LogP contribution in [0.5, 0.6) is 0 Å². The minimum absolute atomic E-state index is 0.00159. The monoisotopic (exact) mass is 429 g/mol. The van der Waals surface area contributed by atoms with E-state index in [4.69, 9.17) is 11.6 Å². The van der Waals surface area contributed by atoms with Crippen molar-refractivity contribution in [3.8, 4) is 0 Å². The average molecular weight is 430 g/mol. The number of nitrogens with zero attached hydrogens (tertiary/aromatic N) is 1. The van der Waals surface area contributed by atoms with Crippen molar-refractivity contribution in [1.82, 2.24) is 15.5 Å². The van der Waals surface area contributed by atoms with Gasteiger partial charge < -0.3 is 15.5 Å². The topological polar surface area (TPSA) is 78.5 Å². The zero-order valence-electron chi connectivity index (χ0n) is 17.5. The Kier molecular flexibility index (Phi) is 8.87. The fourth-order valence-corrected chi connectivity index (χ4v) is 3.26. The molecule has 2 rings (SSSR count). The van der Waals surface area contributed by atoms with Crippen LogP contribution in [0.1, 0.15) is 49.2 Å². The van der Waals surface area contributed by atoms with E-state index < -0.39 is 6.04 Å². The van der Waals surface area contributed by atoms with Gasteiger partial charge in [0, 0.05) is 12.6 Å². The second-order valence-electron chi connectivity index (χ2n) is 7.25. The second kappa shape index (κ2) is 11.4. The summed E-state index contributed by atoms with van der Waals surface area (Å²) in [5.41, 5.74) is 1.14. The van der Waals surface area contributed by atoms with Gasteiger partial charge in [0.15, 0.2) is 0 Å². The van der Waals surface area contributed by atoms with Crippen LogP contribution in [-0.2, 0) is 9.59 Å². The first-order chi connectivity index (χ1) is 14.3. The predicted octanol–water partition coefficient (Wildman–Crippen LogP) is 3.57. The number of likely N-dealkylation sites (N-methyl/N-ethyl adjacent to an activating group) is 1. The smallest absolute Gasteiger partial charge is 0.253 e. The zero-order valence-corrected chi connectivity index (χ0v) is 18.3. The van der Waals surface area contributed by atoms with Gasteiger partial charge in [-0.05, 0) is 38.5 Å². The molecule has 0 heterocycles. The van der Waals surface area contributed by atoms with Crippen molar-refractivity contribution in [2.24, 2.45) is 0 Å². The van der Waals surface area contributed by atoms with Gasteiger partial charge >= 0.3 is 0 Å². The van der Waals surface area contributed by atoms with Gasteiger partial charge in [0.2, 0.25) is 11.8 Å². The number of hydrogen-bond acceptors (Lipinski definition) is 3. The Labute approximate surface area is 182 Å². The molecule has 0 saturated heterocycles. The number of halogens is 1. The summed E-state index contributed by atoms with van der Waals surface area (Å²) in [6, 6.07) is 15.5. The van der Waals surface area contributed by atoms with E-state index in [2.05, 4.69) is 10.6 Å². The molecule has 2 N–H and O–H groups in total. The number of nitrogens with one attached hydrogen (secondary N) is 2. The van der Waals surface area contributed by atoms with Crippen LogP contribution in [0.3, 0.4) is 0 Å². The van der Waals surface area contributed by atoms with Gasteiger partial charge in [0.25, 0.3) is 5.91 Å². The molecule has 0 aliphatic carbocycles. The average Bonchev–Trinajstić information content (AvgIpc) is 2.71. The molecule has 2 aromatic carbocycles. The van der Waals surface area contributed by atoms with E-state index in [-0.39, 0.29) is 36.7 Å². The van der Waals surface area contributed by atoms with Gasteiger partial charge in [0.1, 0.15) is 0 Å². The molecule has 6 nitrogen and oxygen atoms in total. The first-order valence-electron chi connectivity index (χ1n) is 9.99. The molecule has 2 aromatic rings. The van der Waals surface area contributed by atoms with Crippen molar-refractivity contribution in [3.63, 3.8) is 0 Å². The van der Waals surface area contributed by atoms with Crippen molar-refractivity contribution in [1.29, 1.82) is 0 Å². The molecule has 160 valence electrons. The fraction of sp³-hybridized carbons (Fsp3) is 0.348. The largest absolute Gasteiger partial charge is 0.352 e. The summed E-state index contributed by atoms with van der Waals surface area (Å²) >= 11 is 6.15. The molecule has 1 atom stereocenters. The quantitative estimate of drug-likeness (QED) is 0.639. The number of carbonyl (C=O) groups is 3. The SMILES string of the molecule is CCN(CC(=O)NC(C)C)C(=O)CC(NC(=O)c1ccccc1Cl)c1ccccc1. The van der Waals surface area contributed by atoms with Crippen molar-refractivity contribution < 1.29 is 14.4 Å². The third kappa shape index (κ3) is 6.88. The Morgan fingerprint density at radius 3 is 2.20 bits per heavy atom.